The third-order valence-corrected chi connectivity index (χ3v) is 6.38. The number of aromatic nitrogens is 1. The van der Waals surface area contributed by atoms with E-state index in [1.54, 1.807) is 49.5 Å². The Balaban J connectivity index is 1.24. The molecule has 5 rings (SSSR count). The van der Waals surface area contributed by atoms with E-state index in [-0.39, 0.29) is 43.0 Å². The van der Waals surface area contributed by atoms with Crippen LogP contribution in [-0.4, -0.2) is 51.7 Å². The summed E-state index contributed by atoms with van der Waals surface area (Å²) in [6.45, 7) is 0.462. The van der Waals surface area contributed by atoms with Crippen LogP contribution < -0.4 is 10.1 Å². The van der Waals surface area contributed by atoms with E-state index in [0.717, 1.165) is 5.56 Å². The third kappa shape index (κ3) is 5.04. The highest BCUT2D eigenvalue weighted by atomic mass is 19.1. The van der Waals surface area contributed by atoms with Crippen molar-refractivity contribution in [1.29, 1.82) is 0 Å². The molecule has 3 aromatic rings. The lowest BCUT2D eigenvalue weighted by Crippen LogP contribution is -2.52. The van der Waals surface area contributed by atoms with Gasteiger partial charge in [-0.2, -0.15) is 0 Å². The molecule has 2 aliphatic heterocycles. The number of nitrogens with one attached hydrogen (secondary N) is 1. The van der Waals surface area contributed by atoms with Crippen molar-refractivity contribution in [3.63, 3.8) is 0 Å². The number of carbonyl (C=O) groups excluding carboxylic acids is 4. The molecule has 0 bridgehead atoms. The minimum Gasteiger partial charge on any atom is -0.391 e. The summed E-state index contributed by atoms with van der Waals surface area (Å²) >= 11 is 0. The molecule has 1 fully saturated rings. The zero-order chi connectivity index (χ0) is 26.1. The normalized spacial score (nSPS) is 16.9. The fraction of sp³-hybridized carbons (Fsp3) is 0.222. The molecule has 3 heterocycles. The number of imide groups is 1. The first-order chi connectivity index (χ1) is 17.8. The smallest absolute Gasteiger partial charge is 0.391 e. The summed E-state index contributed by atoms with van der Waals surface area (Å²) in [5, 5.41) is 2.29. The molecular weight excluding hydrogens is 479 g/mol. The standard InChI is InChI=1S/C27H23FN4O5/c1-31(27(36)37-24-4-2-3-21(29-24)17-7-9-19(28)10-8-17)14-16-5-6-18-15-32(26(35)20(18)13-16)22-11-12-23(33)30-25(22)34/h2-10,13,22H,11-12,14-15H2,1H3,(H,30,33,34). The van der Waals surface area contributed by atoms with Crippen molar-refractivity contribution in [2.45, 2.75) is 32.0 Å². The average Bonchev–Trinajstić information content (AvgIpc) is 3.20. The number of benzene rings is 2. The van der Waals surface area contributed by atoms with Crippen LogP contribution in [0, 0.1) is 5.82 Å². The van der Waals surface area contributed by atoms with Gasteiger partial charge in [-0.15, -0.1) is 0 Å². The molecule has 37 heavy (non-hydrogen) atoms. The van der Waals surface area contributed by atoms with E-state index in [1.165, 1.54) is 21.9 Å². The summed E-state index contributed by atoms with van der Waals surface area (Å²) in [6, 6.07) is 15.5. The molecule has 1 unspecified atom stereocenters. The van der Waals surface area contributed by atoms with Crippen LogP contribution in [0.4, 0.5) is 9.18 Å². The van der Waals surface area contributed by atoms with Crippen LogP contribution in [0.2, 0.25) is 0 Å². The summed E-state index contributed by atoms with van der Waals surface area (Å²) in [5.74, 6) is -1.33. The number of pyridine rings is 1. The Kier molecular flexibility index (Phi) is 6.39. The number of hydrogen-bond donors (Lipinski definition) is 1. The van der Waals surface area contributed by atoms with E-state index >= 15 is 0 Å². The van der Waals surface area contributed by atoms with Crippen LogP contribution in [0.25, 0.3) is 11.3 Å². The zero-order valence-electron chi connectivity index (χ0n) is 19.9. The first-order valence-corrected chi connectivity index (χ1v) is 11.7. The maximum absolute atomic E-state index is 13.2. The number of hydrogen-bond acceptors (Lipinski definition) is 6. The van der Waals surface area contributed by atoms with Crippen LogP contribution in [0.15, 0.2) is 60.7 Å². The van der Waals surface area contributed by atoms with Gasteiger partial charge in [0.1, 0.15) is 11.9 Å². The molecule has 0 aliphatic carbocycles. The fourth-order valence-electron chi connectivity index (χ4n) is 4.46. The summed E-state index contributed by atoms with van der Waals surface area (Å²) in [7, 11) is 1.57. The van der Waals surface area contributed by atoms with Gasteiger partial charge in [-0.1, -0.05) is 18.2 Å². The van der Waals surface area contributed by atoms with Crippen LogP contribution in [0.3, 0.4) is 0 Å². The van der Waals surface area contributed by atoms with Crippen LogP contribution in [-0.2, 0) is 22.7 Å². The summed E-state index contributed by atoms with van der Waals surface area (Å²) in [5.41, 5.74) is 3.18. The fourth-order valence-corrected chi connectivity index (χ4v) is 4.46. The topological polar surface area (TPSA) is 109 Å². The lowest BCUT2D eigenvalue weighted by atomic mass is 10.0. The molecule has 0 spiro atoms. The van der Waals surface area contributed by atoms with E-state index in [0.29, 0.717) is 28.8 Å². The SMILES string of the molecule is CN(Cc1ccc2c(c1)C(=O)N(C1CCC(=O)NC1=O)C2)C(=O)Oc1cccc(-c2ccc(F)cc2)n1. The molecule has 0 radical (unpaired) electrons. The predicted molar refractivity (Wildman–Crippen MR) is 130 cm³/mol. The molecule has 1 saturated heterocycles. The molecule has 188 valence electrons. The van der Waals surface area contributed by atoms with Crippen molar-refractivity contribution >= 4 is 23.8 Å². The monoisotopic (exact) mass is 502 g/mol. The second-order valence-corrected chi connectivity index (χ2v) is 8.98. The maximum Gasteiger partial charge on any atom is 0.416 e. The second kappa shape index (κ2) is 9.81. The molecule has 1 N–H and O–H groups in total. The summed E-state index contributed by atoms with van der Waals surface area (Å²) in [4.78, 5) is 56.6. The predicted octanol–water partition coefficient (Wildman–Crippen LogP) is 3.28. The molecule has 1 atom stereocenters. The molecular formula is C27H23FN4O5. The number of fused-ring (bicyclic) bond motifs is 1. The number of piperidine rings is 1. The van der Waals surface area contributed by atoms with E-state index in [9.17, 15) is 23.6 Å². The van der Waals surface area contributed by atoms with E-state index in [4.69, 9.17) is 4.74 Å². The van der Waals surface area contributed by atoms with Crippen molar-refractivity contribution in [2.24, 2.45) is 0 Å². The molecule has 1 aromatic heterocycles. The van der Waals surface area contributed by atoms with Crippen LogP contribution in [0.5, 0.6) is 5.88 Å². The Morgan fingerprint density at radius 1 is 1.14 bits per heavy atom. The van der Waals surface area contributed by atoms with Crippen molar-refractivity contribution < 1.29 is 28.3 Å². The van der Waals surface area contributed by atoms with Crippen molar-refractivity contribution in [2.75, 3.05) is 7.05 Å². The van der Waals surface area contributed by atoms with Gasteiger partial charge in [-0.25, -0.2) is 14.2 Å². The minimum atomic E-state index is -0.683. The highest BCUT2D eigenvalue weighted by Gasteiger charge is 2.39. The lowest BCUT2D eigenvalue weighted by molar-refractivity contribution is -0.136. The van der Waals surface area contributed by atoms with E-state index in [2.05, 4.69) is 10.3 Å². The van der Waals surface area contributed by atoms with Gasteiger partial charge in [-0.3, -0.25) is 19.7 Å². The van der Waals surface area contributed by atoms with Crippen molar-refractivity contribution in [3.8, 4) is 17.1 Å². The van der Waals surface area contributed by atoms with Gasteiger partial charge < -0.3 is 14.5 Å². The van der Waals surface area contributed by atoms with Gasteiger partial charge in [-0.05, 0) is 53.9 Å². The number of halogens is 1. The summed E-state index contributed by atoms with van der Waals surface area (Å²) in [6.07, 6.45) is -0.153. The van der Waals surface area contributed by atoms with Crippen molar-refractivity contribution in [3.05, 3.63) is 83.2 Å². The Bertz CT molecular complexity index is 1410. The zero-order valence-corrected chi connectivity index (χ0v) is 19.9. The first kappa shape index (κ1) is 24.1. The highest BCUT2D eigenvalue weighted by Crippen LogP contribution is 2.28. The van der Waals surface area contributed by atoms with Gasteiger partial charge in [0.05, 0.1) is 5.69 Å². The van der Waals surface area contributed by atoms with Crippen molar-refractivity contribution in [1.82, 2.24) is 20.1 Å². The molecule has 10 heteroatoms. The molecule has 2 aromatic carbocycles. The van der Waals surface area contributed by atoms with Gasteiger partial charge in [0.2, 0.25) is 17.7 Å². The molecule has 4 amide bonds. The number of rotatable bonds is 5. The summed E-state index contributed by atoms with van der Waals surface area (Å²) < 4.78 is 18.6. The van der Waals surface area contributed by atoms with E-state index in [1.807, 2.05) is 6.07 Å². The average molecular weight is 503 g/mol. The quantitative estimate of drug-likeness (QED) is 0.537. The second-order valence-electron chi connectivity index (χ2n) is 8.98. The van der Waals surface area contributed by atoms with Gasteiger partial charge in [0.25, 0.3) is 5.91 Å². The number of amides is 4. The number of nitrogens with zero attached hydrogens (tertiary/aromatic N) is 3. The Hall–Kier alpha value is -4.60. The number of carbonyl (C=O) groups is 4. The Labute approximate surface area is 211 Å². The molecule has 2 aliphatic rings. The van der Waals surface area contributed by atoms with Gasteiger partial charge >= 0.3 is 6.09 Å². The highest BCUT2D eigenvalue weighted by molar-refractivity contribution is 6.05. The van der Waals surface area contributed by atoms with E-state index < -0.39 is 18.0 Å². The van der Waals surface area contributed by atoms with Crippen LogP contribution in [0.1, 0.15) is 34.3 Å². The largest absolute Gasteiger partial charge is 0.416 e. The Morgan fingerprint density at radius 3 is 2.68 bits per heavy atom. The third-order valence-electron chi connectivity index (χ3n) is 6.38. The number of ether oxygens (including phenoxy) is 1. The first-order valence-electron chi connectivity index (χ1n) is 11.7. The molecule has 9 nitrogen and oxygen atoms in total. The molecule has 0 saturated carbocycles. The minimum absolute atomic E-state index is 0.0997. The van der Waals surface area contributed by atoms with Gasteiger partial charge in [0, 0.05) is 43.8 Å². The van der Waals surface area contributed by atoms with Gasteiger partial charge in [0.15, 0.2) is 0 Å². The Morgan fingerprint density at radius 2 is 1.92 bits per heavy atom. The van der Waals surface area contributed by atoms with Crippen LogP contribution >= 0.6 is 0 Å². The lowest BCUT2D eigenvalue weighted by Gasteiger charge is -2.29. The maximum atomic E-state index is 13.2.